The normalized spacial score (nSPS) is 14.2. The van der Waals surface area contributed by atoms with Crippen LogP contribution in [0, 0.1) is 5.82 Å². The minimum absolute atomic E-state index is 0.286. The highest BCUT2D eigenvalue weighted by Crippen LogP contribution is 2.41. The molecule has 1 aliphatic rings. The Morgan fingerprint density at radius 2 is 2.29 bits per heavy atom. The van der Waals surface area contributed by atoms with E-state index in [2.05, 4.69) is 10.3 Å². The summed E-state index contributed by atoms with van der Waals surface area (Å²) in [6, 6.07) is 6.34. The minimum Gasteiger partial charge on any atom is -0.461 e. The molecule has 1 heterocycles. The molecule has 0 N–H and O–H groups in total. The number of esters is 1. The van der Waals surface area contributed by atoms with E-state index in [1.807, 2.05) is 6.07 Å². The van der Waals surface area contributed by atoms with Crippen LogP contribution in [0.25, 0.3) is 0 Å². The fraction of sp³-hybridized carbons (Fsp3) is 0.400. The average Bonchev–Trinajstić information content (AvgIpc) is 3.20. The van der Waals surface area contributed by atoms with Crippen LogP contribution in [0.4, 0.5) is 4.39 Å². The molecule has 0 atom stereocenters. The SMILES string of the molecule is CCOC(=O)c1nnn(Cc2cccc(F)c2)c1C1CC1. The first-order valence-electron chi connectivity index (χ1n) is 7.04. The van der Waals surface area contributed by atoms with Gasteiger partial charge >= 0.3 is 5.97 Å². The second-order valence-corrected chi connectivity index (χ2v) is 5.11. The van der Waals surface area contributed by atoms with Crippen LogP contribution in [-0.4, -0.2) is 27.6 Å². The summed E-state index contributed by atoms with van der Waals surface area (Å²) in [6.45, 7) is 2.46. The van der Waals surface area contributed by atoms with Crippen molar-refractivity contribution < 1.29 is 13.9 Å². The van der Waals surface area contributed by atoms with Gasteiger partial charge in [-0.1, -0.05) is 17.3 Å². The Morgan fingerprint density at radius 1 is 1.48 bits per heavy atom. The van der Waals surface area contributed by atoms with Crippen LogP contribution < -0.4 is 0 Å². The lowest BCUT2D eigenvalue weighted by Crippen LogP contribution is -2.11. The molecule has 21 heavy (non-hydrogen) atoms. The zero-order valence-corrected chi connectivity index (χ0v) is 11.8. The van der Waals surface area contributed by atoms with Crippen molar-refractivity contribution in [3.8, 4) is 0 Å². The molecule has 110 valence electrons. The molecule has 0 spiro atoms. The van der Waals surface area contributed by atoms with Gasteiger partial charge in [-0.3, -0.25) is 0 Å². The maximum Gasteiger partial charge on any atom is 0.360 e. The molecular weight excluding hydrogens is 273 g/mol. The molecule has 0 saturated heterocycles. The average molecular weight is 289 g/mol. The van der Waals surface area contributed by atoms with Crippen LogP contribution in [0.3, 0.4) is 0 Å². The van der Waals surface area contributed by atoms with E-state index in [0.29, 0.717) is 19.1 Å². The number of carbonyl (C=O) groups is 1. The summed E-state index contributed by atoms with van der Waals surface area (Å²) in [4.78, 5) is 11.9. The first-order valence-corrected chi connectivity index (χ1v) is 7.04. The highest BCUT2D eigenvalue weighted by atomic mass is 19.1. The minimum atomic E-state index is -0.440. The van der Waals surface area contributed by atoms with Crippen molar-refractivity contribution in [1.82, 2.24) is 15.0 Å². The van der Waals surface area contributed by atoms with Crippen LogP contribution in [-0.2, 0) is 11.3 Å². The molecule has 0 amide bonds. The second kappa shape index (κ2) is 5.63. The molecule has 5 nitrogen and oxygen atoms in total. The summed E-state index contributed by atoms with van der Waals surface area (Å²) in [5.41, 5.74) is 1.88. The Morgan fingerprint density at radius 3 is 2.95 bits per heavy atom. The molecule has 0 aliphatic heterocycles. The fourth-order valence-electron chi connectivity index (χ4n) is 2.35. The molecule has 1 aliphatic carbocycles. The Bertz CT molecular complexity index is 665. The van der Waals surface area contributed by atoms with Gasteiger partial charge in [0.15, 0.2) is 5.69 Å². The first kappa shape index (κ1) is 13.7. The fourth-order valence-corrected chi connectivity index (χ4v) is 2.35. The smallest absolute Gasteiger partial charge is 0.360 e. The molecule has 0 unspecified atom stereocenters. The molecule has 0 radical (unpaired) electrons. The number of halogens is 1. The predicted octanol–water partition coefficient (Wildman–Crippen LogP) is 2.52. The van der Waals surface area contributed by atoms with Gasteiger partial charge in [0.25, 0.3) is 0 Å². The van der Waals surface area contributed by atoms with E-state index < -0.39 is 5.97 Å². The van der Waals surface area contributed by atoms with Crippen LogP contribution in [0.15, 0.2) is 24.3 Å². The summed E-state index contributed by atoms with van der Waals surface area (Å²) in [7, 11) is 0. The maximum atomic E-state index is 13.3. The Labute approximate surface area is 121 Å². The van der Waals surface area contributed by atoms with Gasteiger partial charge in [-0.05, 0) is 37.5 Å². The van der Waals surface area contributed by atoms with Gasteiger partial charge in [0, 0.05) is 5.92 Å². The Kier molecular flexibility index (Phi) is 3.68. The third-order valence-corrected chi connectivity index (χ3v) is 3.43. The monoisotopic (exact) mass is 289 g/mol. The molecule has 2 aromatic rings. The van der Waals surface area contributed by atoms with Crippen LogP contribution in [0.5, 0.6) is 0 Å². The maximum absolute atomic E-state index is 13.3. The number of aromatic nitrogens is 3. The molecule has 6 heteroatoms. The number of hydrogen-bond acceptors (Lipinski definition) is 4. The van der Waals surface area contributed by atoms with Gasteiger partial charge in [-0.15, -0.1) is 5.10 Å². The number of nitrogens with zero attached hydrogens (tertiary/aromatic N) is 3. The van der Waals surface area contributed by atoms with Gasteiger partial charge < -0.3 is 4.74 Å². The van der Waals surface area contributed by atoms with E-state index in [1.165, 1.54) is 12.1 Å². The highest BCUT2D eigenvalue weighted by Gasteiger charge is 2.34. The van der Waals surface area contributed by atoms with Gasteiger partial charge in [0.05, 0.1) is 18.8 Å². The third-order valence-electron chi connectivity index (χ3n) is 3.43. The standard InChI is InChI=1S/C15H16FN3O2/c1-2-21-15(20)13-14(11-6-7-11)19(18-17-13)9-10-4-3-5-12(16)8-10/h3-5,8,11H,2,6-7,9H2,1H3. The number of rotatable bonds is 5. The first-order chi connectivity index (χ1) is 10.2. The van der Waals surface area contributed by atoms with Crippen molar-refractivity contribution in [2.24, 2.45) is 0 Å². The molecule has 1 aromatic heterocycles. The molecule has 1 aromatic carbocycles. The quantitative estimate of drug-likeness (QED) is 0.794. The third kappa shape index (κ3) is 2.94. The molecule has 1 fully saturated rings. The zero-order valence-electron chi connectivity index (χ0n) is 11.8. The van der Waals surface area contributed by atoms with E-state index in [-0.39, 0.29) is 11.5 Å². The number of benzene rings is 1. The summed E-state index contributed by atoms with van der Waals surface area (Å²) >= 11 is 0. The number of ether oxygens (including phenoxy) is 1. The topological polar surface area (TPSA) is 57.0 Å². The van der Waals surface area contributed by atoms with Crippen molar-refractivity contribution in [1.29, 1.82) is 0 Å². The lowest BCUT2D eigenvalue weighted by atomic mass is 10.2. The van der Waals surface area contributed by atoms with Crippen LogP contribution in [0.2, 0.25) is 0 Å². The summed E-state index contributed by atoms with van der Waals surface area (Å²) < 4.78 is 19.9. The van der Waals surface area contributed by atoms with Crippen LogP contribution >= 0.6 is 0 Å². The largest absolute Gasteiger partial charge is 0.461 e. The highest BCUT2D eigenvalue weighted by molar-refractivity contribution is 5.88. The van der Waals surface area contributed by atoms with E-state index in [9.17, 15) is 9.18 Å². The van der Waals surface area contributed by atoms with Crippen molar-refractivity contribution >= 4 is 5.97 Å². The van der Waals surface area contributed by atoms with Gasteiger partial charge in [0.1, 0.15) is 5.82 Å². The lowest BCUT2D eigenvalue weighted by molar-refractivity contribution is 0.0518. The van der Waals surface area contributed by atoms with E-state index in [4.69, 9.17) is 4.74 Å². The molecule has 1 saturated carbocycles. The number of hydrogen-bond donors (Lipinski definition) is 0. The van der Waals surface area contributed by atoms with Crippen molar-refractivity contribution in [2.75, 3.05) is 6.61 Å². The van der Waals surface area contributed by atoms with Gasteiger partial charge in [0.2, 0.25) is 0 Å². The van der Waals surface area contributed by atoms with E-state index in [0.717, 1.165) is 24.1 Å². The summed E-state index contributed by atoms with van der Waals surface area (Å²) in [5.74, 6) is -0.427. The number of carbonyl (C=O) groups excluding carboxylic acids is 1. The second-order valence-electron chi connectivity index (χ2n) is 5.11. The van der Waals surface area contributed by atoms with Gasteiger partial charge in [-0.25, -0.2) is 13.9 Å². The molecule has 3 rings (SSSR count). The summed E-state index contributed by atoms with van der Waals surface area (Å²) in [5, 5.41) is 8.01. The predicted molar refractivity (Wildman–Crippen MR) is 73.5 cm³/mol. The van der Waals surface area contributed by atoms with Crippen molar-refractivity contribution in [3.63, 3.8) is 0 Å². The molecule has 0 bridgehead atoms. The Balaban J connectivity index is 1.90. The Hall–Kier alpha value is -2.24. The molecular formula is C15H16FN3O2. The van der Waals surface area contributed by atoms with Crippen molar-refractivity contribution in [3.05, 3.63) is 47.0 Å². The summed E-state index contributed by atoms with van der Waals surface area (Å²) in [6.07, 6.45) is 2.03. The zero-order chi connectivity index (χ0) is 14.8. The van der Waals surface area contributed by atoms with E-state index >= 15 is 0 Å². The lowest BCUT2D eigenvalue weighted by Gasteiger charge is -2.07. The van der Waals surface area contributed by atoms with Crippen molar-refractivity contribution in [2.45, 2.75) is 32.2 Å². The van der Waals surface area contributed by atoms with E-state index in [1.54, 1.807) is 17.7 Å². The van der Waals surface area contributed by atoms with Gasteiger partial charge in [-0.2, -0.15) is 0 Å². The van der Waals surface area contributed by atoms with Crippen LogP contribution in [0.1, 0.15) is 47.4 Å².